The van der Waals surface area contributed by atoms with Crippen molar-refractivity contribution in [1.82, 2.24) is 4.90 Å². The first-order valence-electron chi connectivity index (χ1n) is 6.36. The number of rotatable bonds is 8. The van der Waals surface area contributed by atoms with Gasteiger partial charge in [0, 0.05) is 24.4 Å². The molecule has 0 aliphatic carbocycles. The summed E-state index contributed by atoms with van der Waals surface area (Å²) in [6, 6.07) is 7.65. The Morgan fingerprint density at radius 3 is 2.48 bits per heavy atom. The summed E-state index contributed by atoms with van der Waals surface area (Å²) in [6.45, 7) is 0.991. The number of halogens is 1. The standard InChI is InChI=1S/C14H20N2O3S.ClH/c1-16(10-8-14(18)19)9-7-13(17)15-11-5-3-4-6-12(11)20-2;/h3-6H,7-10H2,1-2H3,(H,15,17)(H,18,19);1H. The van der Waals surface area contributed by atoms with Gasteiger partial charge in [-0.15, -0.1) is 24.2 Å². The Labute approximate surface area is 135 Å². The van der Waals surface area contributed by atoms with Crippen molar-refractivity contribution in [3.63, 3.8) is 0 Å². The minimum absolute atomic E-state index is 0. The summed E-state index contributed by atoms with van der Waals surface area (Å²) in [5.41, 5.74) is 0.818. The molecule has 0 fully saturated rings. The van der Waals surface area contributed by atoms with Gasteiger partial charge in [-0.05, 0) is 25.4 Å². The van der Waals surface area contributed by atoms with Crippen LogP contribution in [-0.2, 0) is 9.59 Å². The second-order valence-corrected chi connectivity index (χ2v) is 5.29. The van der Waals surface area contributed by atoms with Crippen LogP contribution in [0.1, 0.15) is 12.8 Å². The maximum atomic E-state index is 11.9. The number of carbonyl (C=O) groups excluding carboxylic acids is 1. The second-order valence-electron chi connectivity index (χ2n) is 4.45. The third-order valence-corrected chi connectivity index (χ3v) is 3.60. The van der Waals surface area contributed by atoms with E-state index < -0.39 is 5.97 Å². The van der Waals surface area contributed by atoms with Crippen LogP contribution in [-0.4, -0.2) is 48.3 Å². The molecule has 0 saturated heterocycles. The normalized spacial score (nSPS) is 10.0. The molecule has 0 saturated carbocycles. The summed E-state index contributed by atoms with van der Waals surface area (Å²) >= 11 is 1.58. The van der Waals surface area contributed by atoms with Crippen molar-refractivity contribution in [2.24, 2.45) is 0 Å². The van der Waals surface area contributed by atoms with Crippen molar-refractivity contribution in [1.29, 1.82) is 0 Å². The van der Waals surface area contributed by atoms with Crippen molar-refractivity contribution in [3.05, 3.63) is 24.3 Å². The number of amides is 1. The minimum Gasteiger partial charge on any atom is -0.481 e. The average molecular weight is 333 g/mol. The van der Waals surface area contributed by atoms with E-state index in [1.54, 1.807) is 11.8 Å². The first kappa shape index (κ1) is 19.8. The Kier molecular flexibility index (Phi) is 9.86. The Hall–Kier alpha value is -1.24. The zero-order chi connectivity index (χ0) is 15.0. The molecule has 1 amide bonds. The molecule has 0 aromatic heterocycles. The summed E-state index contributed by atoms with van der Waals surface area (Å²) in [7, 11) is 1.81. The lowest BCUT2D eigenvalue weighted by Crippen LogP contribution is -2.26. The van der Waals surface area contributed by atoms with Gasteiger partial charge in [0.05, 0.1) is 12.1 Å². The largest absolute Gasteiger partial charge is 0.481 e. The third kappa shape index (κ3) is 7.94. The smallest absolute Gasteiger partial charge is 0.304 e. The van der Waals surface area contributed by atoms with Crippen molar-refractivity contribution >= 4 is 41.7 Å². The molecule has 7 heteroatoms. The second kappa shape index (κ2) is 10.5. The number of thioether (sulfide) groups is 1. The summed E-state index contributed by atoms with van der Waals surface area (Å²) in [5.74, 6) is -0.885. The molecular formula is C14H21ClN2O3S. The Balaban J connectivity index is 0.00000400. The molecule has 2 N–H and O–H groups in total. The molecule has 0 radical (unpaired) electrons. The number of hydrogen-bond acceptors (Lipinski definition) is 4. The fourth-order valence-corrected chi connectivity index (χ4v) is 2.20. The van der Waals surface area contributed by atoms with Crippen LogP contribution in [0.25, 0.3) is 0 Å². The van der Waals surface area contributed by atoms with Crippen molar-refractivity contribution in [2.45, 2.75) is 17.7 Å². The Morgan fingerprint density at radius 2 is 1.86 bits per heavy atom. The van der Waals surface area contributed by atoms with Gasteiger partial charge >= 0.3 is 5.97 Å². The topological polar surface area (TPSA) is 69.6 Å². The van der Waals surface area contributed by atoms with Crippen molar-refractivity contribution < 1.29 is 14.7 Å². The van der Waals surface area contributed by atoms with Gasteiger partial charge < -0.3 is 15.3 Å². The van der Waals surface area contributed by atoms with E-state index in [9.17, 15) is 9.59 Å². The van der Waals surface area contributed by atoms with Gasteiger partial charge in [-0.1, -0.05) is 12.1 Å². The van der Waals surface area contributed by atoms with Crippen LogP contribution in [0.15, 0.2) is 29.2 Å². The lowest BCUT2D eigenvalue weighted by molar-refractivity contribution is -0.137. The lowest BCUT2D eigenvalue weighted by Gasteiger charge is -2.15. The van der Waals surface area contributed by atoms with Gasteiger partial charge in [0.15, 0.2) is 0 Å². The fraction of sp³-hybridized carbons (Fsp3) is 0.429. The quantitative estimate of drug-likeness (QED) is 0.716. The van der Waals surface area contributed by atoms with Crippen LogP contribution in [0.4, 0.5) is 5.69 Å². The summed E-state index contributed by atoms with van der Waals surface area (Å²) in [6.07, 6.45) is 2.40. The molecule has 21 heavy (non-hydrogen) atoms. The molecule has 0 aliphatic rings. The van der Waals surface area contributed by atoms with Gasteiger partial charge in [0.1, 0.15) is 0 Å². The summed E-state index contributed by atoms with van der Waals surface area (Å²) in [5, 5.41) is 11.5. The number of hydrogen-bond donors (Lipinski definition) is 2. The molecule has 0 atom stereocenters. The number of nitrogens with zero attached hydrogens (tertiary/aromatic N) is 1. The molecule has 0 bridgehead atoms. The highest BCUT2D eigenvalue weighted by Crippen LogP contribution is 2.24. The average Bonchev–Trinajstić information content (AvgIpc) is 2.43. The minimum atomic E-state index is -0.824. The number of carbonyl (C=O) groups is 2. The molecule has 0 spiro atoms. The van der Waals surface area contributed by atoms with Gasteiger partial charge in [-0.3, -0.25) is 9.59 Å². The Morgan fingerprint density at radius 1 is 1.24 bits per heavy atom. The fourth-order valence-electron chi connectivity index (χ4n) is 1.65. The van der Waals surface area contributed by atoms with E-state index in [4.69, 9.17) is 5.11 Å². The van der Waals surface area contributed by atoms with E-state index >= 15 is 0 Å². The molecule has 0 unspecified atom stereocenters. The summed E-state index contributed by atoms with van der Waals surface area (Å²) in [4.78, 5) is 25.2. The van der Waals surface area contributed by atoms with E-state index in [0.29, 0.717) is 19.5 Å². The SMILES string of the molecule is CSc1ccccc1NC(=O)CCN(C)CCC(=O)O.Cl. The van der Waals surface area contributed by atoms with Gasteiger partial charge in [-0.25, -0.2) is 0 Å². The summed E-state index contributed by atoms with van der Waals surface area (Å²) < 4.78 is 0. The van der Waals surface area contributed by atoms with Crippen LogP contribution < -0.4 is 5.32 Å². The van der Waals surface area contributed by atoms with Crippen LogP contribution in [0.3, 0.4) is 0 Å². The molecule has 1 aromatic carbocycles. The van der Waals surface area contributed by atoms with Crippen LogP contribution >= 0.6 is 24.2 Å². The third-order valence-electron chi connectivity index (χ3n) is 2.81. The number of anilines is 1. The lowest BCUT2D eigenvalue weighted by atomic mass is 10.3. The van der Waals surface area contributed by atoms with Crippen LogP contribution in [0, 0.1) is 0 Å². The Bertz CT molecular complexity index is 471. The van der Waals surface area contributed by atoms with E-state index in [-0.39, 0.29) is 24.7 Å². The maximum absolute atomic E-state index is 11.9. The molecular weight excluding hydrogens is 312 g/mol. The predicted octanol–water partition coefficient (Wildman–Crippen LogP) is 2.57. The van der Waals surface area contributed by atoms with E-state index in [0.717, 1.165) is 10.6 Å². The monoisotopic (exact) mass is 332 g/mol. The number of carboxylic acid groups (broad SMARTS) is 1. The van der Waals surface area contributed by atoms with E-state index in [2.05, 4.69) is 5.32 Å². The van der Waals surface area contributed by atoms with E-state index in [1.165, 1.54) is 0 Å². The highest BCUT2D eigenvalue weighted by molar-refractivity contribution is 7.98. The molecule has 1 aromatic rings. The zero-order valence-corrected chi connectivity index (χ0v) is 13.8. The van der Waals surface area contributed by atoms with Crippen LogP contribution in [0.5, 0.6) is 0 Å². The molecule has 0 aliphatic heterocycles. The van der Waals surface area contributed by atoms with Gasteiger partial charge in [0.2, 0.25) is 5.91 Å². The highest BCUT2D eigenvalue weighted by atomic mass is 35.5. The van der Waals surface area contributed by atoms with Gasteiger partial charge in [-0.2, -0.15) is 0 Å². The molecule has 5 nitrogen and oxygen atoms in total. The molecule has 0 heterocycles. The first-order chi connectivity index (χ1) is 9.52. The van der Waals surface area contributed by atoms with Gasteiger partial charge in [0.25, 0.3) is 0 Å². The zero-order valence-electron chi connectivity index (χ0n) is 12.2. The number of carboxylic acids is 1. The van der Waals surface area contributed by atoms with Crippen molar-refractivity contribution in [3.8, 4) is 0 Å². The highest BCUT2D eigenvalue weighted by Gasteiger charge is 2.08. The van der Waals surface area contributed by atoms with Crippen molar-refractivity contribution in [2.75, 3.05) is 31.7 Å². The predicted molar refractivity (Wildman–Crippen MR) is 88.5 cm³/mol. The number of para-hydroxylation sites is 1. The molecule has 118 valence electrons. The number of benzene rings is 1. The maximum Gasteiger partial charge on any atom is 0.304 e. The first-order valence-corrected chi connectivity index (χ1v) is 7.58. The van der Waals surface area contributed by atoms with Crippen LogP contribution in [0.2, 0.25) is 0 Å². The number of nitrogens with one attached hydrogen (secondary N) is 1. The molecule has 1 rings (SSSR count). The van der Waals surface area contributed by atoms with E-state index in [1.807, 2.05) is 42.5 Å². The number of aliphatic carboxylic acids is 1.